The van der Waals surface area contributed by atoms with E-state index in [-0.39, 0.29) is 17.9 Å². The highest BCUT2D eigenvalue weighted by Crippen LogP contribution is 2.43. The summed E-state index contributed by atoms with van der Waals surface area (Å²) in [5.41, 5.74) is 2.79. The lowest BCUT2D eigenvalue weighted by atomic mass is 9.93. The van der Waals surface area contributed by atoms with Gasteiger partial charge in [0.1, 0.15) is 5.82 Å². The third-order valence-corrected chi connectivity index (χ3v) is 6.37. The van der Waals surface area contributed by atoms with Crippen LogP contribution in [0.5, 0.6) is 0 Å². The predicted octanol–water partition coefficient (Wildman–Crippen LogP) is 4.19. The van der Waals surface area contributed by atoms with Gasteiger partial charge in [-0.3, -0.25) is 9.78 Å². The number of rotatable bonds is 5. The van der Waals surface area contributed by atoms with E-state index in [9.17, 15) is 9.59 Å². The van der Waals surface area contributed by atoms with Crippen molar-refractivity contribution in [2.75, 3.05) is 19.5 Å². The van der Waals surface area contributed by atoms with Gasteiger partial charge in [0, 0.05) is 23.7 Å². The molecule has 3 aromatic heterocycles. The number of carbonyl (C=O) groups excluding carboxylic acids is 2. The van der Waals surface area contributed by atoms with Crippen molar-refractivity contribution in [2.24, 2.45) is 5.92 Å². The molecular formula is C22H24N4O3S. The number of nitrogens with one attached hydrogen (secondary N) is 2. The Morgan fingerprint density at radius 1 is 1.37 bits per heavy atom. The molecule has 4 heterocycles. The molecule has 30 heavy (non-hydrogen) atoms. The van der Waals surface area contributed by atoms with Crippen molar-refractivity contribution in [2.45, 2.75) is 33.2 Å². The molecule has 1 aliphatic rings. The number of pyridine rings is 2. The summed E-state index contributed by atoms with van der Waals surface area (Å²) in [7, 11) is 3.18. The van der Waals surface area contributed by atoms with Gasteiger partial charge in [-0.1, -0.05) is 13.8 Å². The number of aromatic nitrogens is 2. The van der Waals surface area contributed by atoms with E-state index in [4.69, 9.17) is 9.72 Å². The minimum absolute atomic E-state index is 0.215. The van der Waals surface area contributed by atoms with Crippen LogP contribution in [0.25, 0.3) is 20.5 Å². The molecule has 1 atom stereocenters. The van der Waals surface area contributed by atoms with Crippen LogP contribution in [-0.2, 0) is 11.2 Å². The van der Waals surface area contributed by atoms with Crippen LogP contribution in [0.2, 0.25) is 0 Å². The smallest absolute Gasteiger partial charge is 0.340 e. The fraction of sp³-hybridized carbons (Fsp3) is 0.364. The van der Waals surface area contributed by atoms with E-state index in [0.717, 1.165) is 20.8 Å². The van der Waals surface area contributed by atoms with Crippen molar-refractivity contribution in [1.29, 1.82) is 0 Å². The molecule has 156 valence electrons. The predicted molar refractivity (Wildman–Crippen MR) is 118 cm³/mol. The van der Waals surface area contributed by atoms with Gasteiger partial charge in [-0.25, -0.2) is 9.78 Å². The quantitative estimate of drug-likeness (QED) is 0.597. The first kappa shape index (κ1) is 20.3. The monoisotopic (exact) mass is 424 g/mol. The van der Waals surface area contributed by atoms with E-state index < -0.39 is 5.97 Å². The Balaban J connectivity index is 2.09. The number of ether oxygens (including phenoxy) is 1. The fourth-order valence-corrected chi connectivity index (χ4v) is 5.11. The Morgan fingerprint density at radius 2 is 2.13 bits per heavy atom. The van der Waals surface area contributed by atoms with Gasteiger partial charge < -0.3 is 15.4 Å². The molecule has 0 bridgehead atoms. The molecule has 8 heteroatoms. The summed E-state index contributed by atoms with van der Waals surface area (Å²) in [6, 6.07) is 3.71. The molecule has 1 unspecified atom stereocenters. The van der Waals surface area contributed by atoms with Gasteiger partial charge in [0.25, 0.3) is 5.91 Å². The molecule has 3 aromatic rings. The summed E-state index contributed by atoms with van der Waals surface area (Å²) in [5.74, 6) is 0.349. The van der Waals surface area contributed by atoms with Gasteiger partial charge in [-0.2, -0.15) is 0 Å². The third-order valence-electron chi connectivity index (χ3n) is 5.19. The number of thiophene rings is 1. The summed E-state index contributed by atoms with van der Waals surface area (Å²) >= 11 is 1.50. The van der Waals surface area contributed by atoms with Crippen molar-refractivity contribution in [3.8, 4) is 10.4 Å². The number of hydrogen-bond acceptors (Lipinski definition) is 7. The highest BCUT2D eigenvalue weighted by atomic mass is 32.1. The number of carbonyl (C=O) groups is 2. The van der Waals surface area contributed by atoms with Crippen LogP contribution in [0.3, 0.4) is 0 Å². The second kappa shape index (κ2) is 7.68. The van der Waals surface area contributed by atoms with Crippen LogP contribution in [0.1, 0.15) is 58.9 Å². The highest BCUT2D eigenvalue weighted by Gasteiger charge is 2.36. The average Bonchev–Trinajstić information content (AvgIpc) is 3.26. The molecular weight excluding hydrogens is 400 g/mol. The summed E-state index contributed by atoms with van der Waals surface area (Å²) in [4.78, 5) is 35.8. The molecule has 0 saturated heterocycles. The Kier molecular flexibility index (Phi) is 5.19. The third kappa shape index (κ3) is 3.21. The summed E-state index contributed by atoms with van der Waals surface area (Å²) in [5, 5.41) is 7.04. The molecule has 2 N–H and O–H groups in total. The first-order chi connectivity index (χ1) is 14.3. The Labute approximate surface area is 178 Å². The Hall–Kier alpha value is -3.00. The standard InChI is InChI=1S/C22H24N4O3S/c1-10(2)8-13-15(22(28)29-5)16(17-18(26-13)11(3)25-21(17)27)14-9-12-6-7-24-20(23-4)19(12)30-14/h6-7,9-11H,8H2,1-5H3,(H,23,24)(H,25,27). The number of fused-ring (bicyclic) bond motifs is 2. The zero-order valence-electron chi connectivity index (χ0n) is 17.6. The number of hydrogen-bond donors (Lipinski definition) is 2. The molecule has 7 nitrogen and oxygen atoms in total. The Morgan fingerprint density at radius 3 is 2.80 bits per heavy atom. The maximum atomic E-state index is 12.9. The first-order valence-electron chi connectivity index (χ1n) is 9.88. The molecule has 0 saturated carbocycles. The van der Waals surface area contributed by atoms with E-state index in [0.29, 0.717) is 34.5 Å². The second-order valence-corrected chi connectivity index (χ2v) is 8.84. The van der Waals surface area contributed by atoms with E-state index in [1.165, 1.54) is 18.4 Å². The second-order valence-electron chi connectivity index (χ2n) is 7.79. The zero-order valence-corrected chi connectivity index (χ0v) is 18.4. The molecule has 4 rings (SSSR count). The largest absolute Gasteiger partial charge is 0.465 e. The van der Waals surface area contributed by atoms with Gasteiger partial charge in [-0.05, 0) is 36.8 Å². The number of nitrogens with zero attached hydrogens (tertiary/aromatic N) is 2. The molecule has 0 radical (unpaired) electrons. The zero-order chi connectivity index (χ0) is 21.6. The van der Waals surface area contributed by atoms with Crippen LogP contribution >= 0.6 is 11.3 Å². The van der Waals surface area contributed by atoms with Gasteiger partial charge in [0.15, 0.2) is 0 Å². The maximum Gasteiger partial charge on any atom is 0.340 e. The van der Waals surface area contributed by atoms with Crippen molar-refractivity contribution in [1.82, 2.24) is 15.3 Å². The van der Waals surface area contributed by atoms with E-state index in [1.807, 2.05) is 26.1 Å². The maximum absolute atomic E-state index is 12.9. The van der Waals surface area contributed by atoms with Crippen LogP contribution in [0.4, 0.5) is 5.82 Å². The van der Waals surface area contributed by atoms with Crippen LogP contribution in [0.15, 0.2) is 18.3 Å². The fourth-order valence-electron chi connectivity index (χ4n) is 3.90. The van der Waals surface area contributed by atoms with Gasteiger partial charge in [0.05, 0.1) is 40.4 Å². The SMILES string of the molecule is CNc1nccc2cc(-c3c(C(=O)OC)c(CC(C)C)nc4c3C(=O)NC4C)sc12. The van der Waals surface area contributed by atoms with Crippen molar-refractivity contribution >= 4 is 39.1 Å². The molecule has 0 fully saturated rings. The lowest BCUT2D eigenvalue weighted by molar-refractivity contribution is 0.0599. The van der Waals surface area contributed by atoms with Crippen LogP contribution < -0.4 is 10.6 Å². The number of methoxy groups -OCH3 is 1. The van der Waals surface area contributed by atoms with Crippen molar-refractivity contribution in [3.05, 3.63) is 40.8 Å². The summed E-state index contributed by atoms with van der Waals surface area (Å²) < 4.78 is 6.10. The number of anilines is 1. The van der Waals surface area contributed by atoms with E-state index >= 15 is 0 Å². The number of esters is 1. The van der Waals surface area contributed by atoms with Crippen molar-refractivity contribution < 1.29 is 14.3 Å². The normalized spacial score (nSPS) is 15.4. The summed E-state index contributed by atoms with van der Waals surface area (Å²) in [6.45, 7) is 6.06. The Bertz CT molecular complexity index is 1170. The van der Waals surface area contributed by atoms with Gasteiger partial charge in [0.2, 0.25) is 0 Å². The average molecular weight is 425 g/mol. The molecule has 0 aromatic carbocycles. The first-order valence-corrected chi connectivity index (χ1v) is 10.7. The molecule has 1 amide bonds. The minimum atomic E-state index is -0.479. The molecule has 0 aliphatic carbocycles. The van der Waals surface area contributed by atoms with E-state index in [2.05, 4.69) is 29.5 Å². The van der Waals surface area contributed by atoms with Gasteiger partial charge in [-0.15, -0.1) is 11.3 Å². The van der Waals surface area contributed by atoms with Crippen LogP contribution in [-0.4, -0.2) is 36.0 Å². The molecule has 0 spiro atoms. The topological polar surface area (TPSA) is 93.2 Å². The van der Waals surface area contributed by atoms with Gasteiger partial charge >= 0.3 is 5.97 Å². The van der Waals surface area contributed by atoms with Crippen molar-refractivity contribution in [3.63, 3.8) is 0 Å². The molecule has 1 aliphatic heterocycles. The lowest BCUT2D eigenvalue weighted by Gasteiger charge is -2.17. The van der Waals surface area contributed by atoms with E-state index in [1.54, 1.807) is 6.20 Å². The minimum Gasteiger partial charge on any atom is -0.465 e. The summed E-state index contributed by atoms with van der Waals surface area (Å²) in [6.07, 6.45) is 2.35. The van der Waals surface area contributed by atoms with Crippen LogP contribution in [0, 0.1) is 5.92 Å². The number of amides is 1. The highest BCUT2D eigenvalue weighted by molar-refractivity contribution is 7.22. The lowest BCUT2D eigenvalue weighted by Crippen LogP contribution is -2.17.